The first-order valence-electron chi connectivity index (χ1n) is 6.88. The van der Waals surface area contributed by atoms with Crippen LogP contribution in [-0.4, -0.2) is 22.0 Å². The van der Waals surface area contributed by atoms with Crippen LogP contribution in [0.1, 0.15) is 35.0 Å². The summed E-state index contributed by atoms with van der Waals surface area (Å²) in [4.78, 5) is 25.8. The van der Waals surface area contributed by atoms with Crippen molar-refractivity contribution in [1.29, 1.82) is 0 Å². The van der Waals surface area contributed by atoms with Crippen molar-refractivity contribution in [3.05, 3.63) is 53.3 Å². The molecule has 0 aliphatic heterocycles. The lowest BCUT2D eigenvalue weighted by Crippen LogP contribution is -2.13. The van der Waals surface area contributed by atoms with E-state index in [-0.39, 0.29) is 12.3 Å². The highest BCUT2D eigenvalue weighted by atomic mass is 16.4. The molecule has 2 aromatic rings. The number of aryl methyl sites for hydroxylation is 2. The molecule has 0 aliphatic rings. The van der Waals surface area contributed by atoms with Crippen LogP contribution in [0.15, 0.2) is 36.5 Å². The fourth-order valence-corrected chi connectivity index (χ4v) is 2.16. The quantitative estimate of drug-likeness (QED) is 0.763. The Morgan fingerprint density at radius 1 is 1.29 bits per heavy atom. The van der Waals surface area contributed by atoms with E-state index in [4.69, 9.17) is 5.11 Å². The molecule has 1 amide bonds. The van der Waals surface area contributed by atoms with Crippen molar-refractivity contribution in [3.63, 3.8) is 0 Å². The summed E-state index contributed by atoms with van der Waals surface area (Å²) in [5.74, 6) is -0.993. The summed E-state index contributed by atoms with van der Waals surface area (Å²) in [5.41, 5.74) is 3.09. The van der Waals surface area contributed by atoms with Crippen molar-refractivity contribution < 1.29 is 14.7 Å². The molecular formula is C16H18N2O3. The van der Waals surface area contributed by atoms with E-state index >= 15 is 0 Å². The standard InChI is InChI=1S/C16H18N2O3/c1-2-14-13(8-9-17-14)16(21)18-12-5-3-4-11(10-12)6-7-15(19)20/h3-5,8-10,17H,2,6-7H2,1H3,(H,18,21)(H,19,20). The van der Waals surface area contributed by atoms with E-state index in [0.29, 0.717) is 17.7 Å². The maximum Gasteiger partial charge on any atom is 0.303 e. The Bertz CT molecular complexity index is 646. The highest BCUT2D eigenvalue weighted by Gasteiger charge is 2.11. The molecular weight excluding hydrogens is 268 g/mol. The molecule has 0 unspecified atom stereocenters. The number of nitrogens with one attached hydrogen (secondary N) is 2. The monoisotopic (exact) mass is 286 g/mol. The fraction of sp³-hybridized carbons (Fsp3) is 0.250. The zero-order valence-electron chi connectivity index (χ0n) is 11.8. The lowest BCUT2D eigenvalue weighted by atomic mass is 10.1. The normalized spacial score (nSPS) is 10.3. The van der Waals surface area contributed by atoms with Crippen molar-refractivity contribution in [2.24, 2.45) is 0 Å². The number of aromatic nitrogens is 1. The SMILES string of the molecule is CCc1[nH]ccc1C(=O)Nc1cccc(CCC(=O)O)c1. The molecule has 0 aliphatic carbocycles. The number of carboxylic acid groups (broad SMARTS) is 1. The number of carbonyl (C=O) groups excluding carboxylic acids is 1. The predicted octanol–water partition coefficient (Wildman–Crippen LogP) is 2.85. The van der Waals surface area contributed by atoms with Gasteiger partial charge >= 0.3 is 5.97 Å². The average Bonchev–Trinajstić information content (AvgIpc) is 2.94. The summed E-state index contributed by atoms with van der Waals surface area (Å²) in [5, 5.41) is 11.5. The van der Waals surface area contributed by atoms with Crippen LogP contribution in [0.4, 0.5) is 5.69 Å². The number of carboxylic acids is 1. The van der Waals surface area contributed by atoms with Gasteiger partial charge in [0.05, 0.1) is 5.56 Å². The molecule has 5 heteroatoms. The lowest BCUT2D eigenvalue weighted by molar-refractivity contribution is -0.136. The topological polar surface area (TPSA) is 82.2 Å². The van der Waals surface area contributed by atoms with Gasteiger partial charge in [0.2, 0.25) is 0 Å². The number of H-pyrrole nitrogens is 1. The van der Waals surface area contributed by atoms with Gasteiger partial charge in [-0.1, -0.05) is 19.1 Å². The first-order chi connectivity index (χ1) is 10.1. The molecule has 0 saturated heterocycles. The summed E-state index contributed by atoms with van der Waals surface area (Å²) in [6, 6.07) is 9.01. The number of aliphatic carboxylic acids is 1. The molecule has 0 fully saturated rings. The zero-order valence-corrected chi connectivity index (χ0v) is 11.8. The number of aromatic amines is 1. The molecule has 21 heavy (non-hydrogen) atoms. The highest BCUT2D eigenvalue weighted by molar-refractivity contribution is 6.05. The second-order valence-corrected chi connectivity index (χ2v) is 4.77. The molecule has 0 saturated carbocycles. The number of benzene rings is 1. The van der Waals surface area contributed by atoms with E-state index in [1.54, 1.807) is 24.4 Å². The molecule has 0 bridgehead atoms. The number of anilines is 1. The molecule has 0 atom stereocenters. The molecule has 1 aromatic heterocycles. The predicted molar refractivity (Wildman–Crippen MR) is 80.5 cm³/mol. The van der Waals surface area contributed by atoms with E-state index in [1.807, 2.05) is 19.1 Å². The molecule has 0 spiro atoms. The average molecular weight is 286 g/mol. The van der Waals surface area contributed by atoms with Gasteiger partial charge in [0.15, 0.2) is 0 Å². The van der Waals surface area contributed by atoms with Crippen LogP contribution in [0, 0.1) is 0 Å². The van der Waals surface area contributed by atoms with E-state index in [2.05, 4.69) is 10.3 Å². The molecule has 3 N–H and O–H groups in total. The minimum Gasteiger partial charge on any atom is -0.481 e. The van der Waals surface area contributed by atoms with Gasteiger partial charge in [-0.05, 0) is 36.6 Å². The molecule has 5 nitrogen and oxygen atoms in total. The third-order valence-corrected chi connectivity index (χ3v) is 3.24. The second-order valence-electron chi connectivity index (χ2n) is 4.77. The van der Waals surface area contributed by atoms with Gasteiger partial charge in [0.1, 0.15) is 0 Å². The van der Waals surface area contributed by atoms with Crippen LogP contribution >= 0.6 is 0 Å². The van der Waals surface area contributed by atoms with Crippen LogP contribution in [0.2, 0.25) is 0 Å². The first kappa shape index (κ1) is 14.8. The summed E-state index contributed by atoms with van der Waals surface area (Å²) in [6.45, 7) is 1.98. The Hall–Kier alpha value is -2.56. The van der Waals surface area contributed by atoms with Gasteiger partial charge in [0, 0.05) is 24.0 Å². The number of hydrogen-bond acceptors (Lipinski definition) is 2. The summed E-state index contributed by atoms with van der Waals surface area (Å²) in [6.07, 6.45) is 3.03. The minimum atomic E-state index is -0.829. The van der Waals surface area contributed by atoms with Crippen LogP contribution in [0.5, 0.6) is 0 Å². The molecule has 1 aromatic carbocycles. The van der Waals surface area contributed by atoms with E-state index in [0.717, 1.165) is 17.7 Å². The number of carbonyl (C=O) groups is 2. The first-order valence-corrected chi connectivity index (χ1v) is 6.88. The Morgan fingerprint density at radius 3 is 2.81 bits per heavy atom. The summed E-state index contributed by atoms with van der Waals surface area (Å²) < 4.78 is 0. The summed E-state index contributed by atoms with van der Waals surface area (Å²) >= 11 is 0. The Kier molecular flexibility index (Phi) is 4.77. The zero-order chi connectivity index (χ0) is 15.2. The van der Waals surface area contributed by atoms with Crippen LogP contribution in [0.25, 0.3) is 0 Å². The lowest BCUT2D eigenvalue weighted by Gasteiger charge is -2.07. The Morgan fingerprint density at radius 2 is 2.10 bits per heavy atom. The van der Waals surface area contributed by atoms with E-state index < -0.39 is 5.97 Å². The second kappa shape index (κ2) is 6.74. The van der Waals surface area contributed by atoms with Crippen molar-refractivity contribution in [3.8, 4) is 0 Å². The maximum atomic E-state index is 12.2. The highest BCUT2D eigenvalue weighted by Crippen LogP contribution is 2.15. The number of amides is 1. The van der Waals surface area contributed by atoms with Crippen LogP contribution < -0.4 is 5.32 Å². The number of rotatable bonds is 6. The van der Waals surface area contributed by atoms with Gasteiger partial charge in [-0.15, -0.1) is 0 Å². The van der Waals surface area contributed by atoms with Gasteiger partial charge in [0.25, 0.3) is 5.91 Å². The van der Waals surface area contributed by atoms with Crippen molar-refractivity contribution in [1.82, 2.24) is 4.98 Å². The maximum absolute atomic E-state index is 12.2. The Balaban J connectivity index is 2.07. The van der Waals surface area contributed by atoms with E-state index in [1.165, 1.54) is 0 Å². The molecule has 2 rings (SSSR count). The molecule has 0 radical (unpaired) electrons. The third-order valence-electron chi connectivity index (χ3n) is 3.24. The van der Waals surface area contributed by atoms with Gasteiger partial charge < -0.3 is 15.4 Å². The van der Waals surface area contributed by atoms with Crippen LogP contribution in [-0.2, 0) is 17.6 Å². The molecule has 1 heterocycles. The third kappa shape index (κ3) is 3.95. The Labute approximate surface area is 123 Å². The van der Waals surface area contributed by atoms with Gasteiger partial charge in [-0.3, -0.25) is 9.59 Å². The van der Waals surface area contributed by atoms with Crippen molar-refractivity contribution >= 4 is 17.6 Å². The van der Waals surface area contributed by atoms with Crippen molar-refractivity contribution in [2.75, 3.05) is 5.32 Å². The van der Waals surface area contributed by atoms with E-state index in [9.17, 15) is 9.59 Å². The van der Waals surface area contributed by atoms with Gasteiger partial charge in [-0.2, -0.15) is 0 Å². The smallest absolute Gasteiger partial charge is 0.303 e. The van der Waals surface area contributed by atoms with Gasteiger partial charge in [-0.25, -0.2) is 0 Å². The summed E-state index contributed by atoms with van der Waals surface area (Å²) in [7, 11) is 0. The largest absolute Gasteiger partial charge is 0.481 e. The minimum absolute atomic E-state index is 0.0786. The number of hydrogen-bond donors (Lipinski definition) is 3. The van der Waals surface area contributed by atoms with Crippen molar-refractivity contribution in [2.45, 2.75) is 26.2 Å². The van der Waals surface area contributed by atoms with Crippen LogP contribution in [0.3, 0.4) is 0 Å². The molecule has 110 valence electrons. The fourth-order valence-electron chi connectivity index (χ4n) is 2.16.